The Morgan fingerprint density at radius 1 is 1.16 bits per heavy atom. The molecule has 4 heterocycles. The molecule has 37 heavy (non-hydrogen) atoms. The normalized spacial score (nSPS) is 18.9. The Labute approximate surface area is 215 Å². The summed E-state index contributed by atoms with van der Waals surface area (Å²) >= 11 is 0. The average molecular weight is 499 g/mol. The lowest BCUT2D eigenvalue weighted by atomic mass is 9.90. The molecule has 2 bridgehead atoms. The van der Waals surface area contributed by atoms with Crippen molar-refractivity contribution in [3.8, 4) is 17.3 Å². The van der Waals surface area contributed by atoms with Crippen LogP contribution in [0.5, 0.6) is 0 Å². The molecule has 2 saturated heterocycles. The second kappa shape index (κ2) is 9.45. The minimum Gasteiger partial charge on any atom is -0.377 e. The van der Waals surface area contributed by atoms with E-state index in [9.17, 15) is 14.9 Å². The van der Waals surface area contributed by atoms with E-state index < -0.39 is 5.41 Å². The predicted octanol–water partition coefficient (Wildman–Crippen LogP) is 3.57. The molecule has 3 aromatic rings. The summed E-state index contributed by atoms with van der Waals surface area (Å²) in [4.78, 5) is 32.6. The van der Waals surface area contributed by atoms with E-state index in [0.717, 1.165) is 24.0 Å². The maximum atomic E-state index is 13.1. The topological polar surface area (TPSA) is 113 Å². The molecule has 2 unspecified atom stereocenters. The number of hydrogen-bond donors (Lipinski definition) is 1. The number of fused-ring (bicyclic) bond motifs is 2. The molecule has 0 saturated carbocycles. The number of carbonyl (C=O) groups excluding carboxylic acids is 1. The van der Waals surface area contributed by atoms with Crippen LogP contribution in [-0.4, -0.2) is 46.0 Å². The zero-order valence-electron chi connectivity index (χ0n) is 21.5. The van der Waals surface area contributed by atoms with Crippen LogP contribution in [-0.2, 0) is 17.2 Å². The van der Waals surface area contributed by atoms with Crippen molar-refractivity contribution < 1.29 is 9.53 Å². The Balaban J connectivity index is 1.46. The van der Waals surface area contributed by atoms with Crippen molar-refractivity contribution in [2.24, 2.45) is 7.05 Å². The summed E-state index contributed by atoms with van der Waals surface area (Å²) in [5.74, 6) is -0.300. The van der Waals surface area contributed by atoms with Gasteiger partial charge in [-0.2, -0.15) is 10.4 Å². The minimum absolute atomic E-state index is 0.126. The summed E-state index contributed by atoms with van der Waals surface area (Å²) < 4.78 is 7.10. The number of morpholine rings is 1. The number of nitrogens with zero attached hydrogens (tertiary/aromatic N) is 5. The van der Waals surface area contributed by atoms with Crippen molar-refractivity contribution in [3.05, 3.63) is 69.8 Å². The SMILES string of the molecule is Cc1ccc(NC(=O)c2ccnc(C(C)(C)C#N)c2)cc1-c1cc(N2C3CCC2COC3)c(=O)n(C)n1. The van der Waals surface area contributed by atoms with Gasteiger partial charge in [-0.15, -0.1) is 0 Å². The first-order valence-electron chi connectivity index (χ1n) is 12.4. The third kappa shape index (κ3) is 4.60. The molecular weight excluding hydrogens is 468 g/mol. The van der Waals surface area contributed by atoms with Crippen LogP contribution in [0.15, 0.2) is 47.4 Å². The number of nitrogens with one attached hydrogen (secondary N) is 1. The van der Waals surface area contributed by atoms with Crippen molar-refractivity contribution in [2.75, 3.05) is 23.4 Å². The number of ether oxygens (including phenoxy) is 1. The molecule has 2 atom stereocenters. The van der Waals surface area contributed by atoms with E-state index in [-0.39, 0.29) is 23.6 Å². The van der Waals surface area contributed by atoms with Crippen molar-refractivity contribution in [1.29, 1.82) is 5.26 Å². The van der Waals surface area contributed by atoms with E-state index in [2.05, 4.69) is 26.4 Å². The van der Waals surface area contributed by atoms with Gasteiger partial charge in [-0.1, -0.05) is 6.07 Å². The van der Waals surface area contributed by atoms with Crippen molar-refractivity contribution >= 4 is 17.3 Å². The fourth-order valence-electron chi connectivity index (χ4n) is 5.08. The van der Waals surface area contributed by atoms with E-state index in [1.54, 1.807) is 39.2 Å². The Morgan fingerprint density at radius 3 is 2.59 bits per heavy atom. The molecule has 1 aromatic carbocycles. The molecule has 0 spiro atoms. The van der Waals surface area contributed by atoms with Crippen LogP contribution in [0.1, 0.15) is 48.3 Å². The highest BCUT2D eigenvalue weighted by atomic mass is 16.5. The summed E-state index contributed by atoms with van der Waals surface area (Å²) in [7, 11) is 1.67. The van der Waals surface area contributed by atoms with Crippen LogP contribution < -0.4 is 15.8 Å². The van der Waals surface area contributed by atoms with Gasteiger partial charge in [0.1, 0.15) is 5.69 Å². The Bertz CT molecular complexity index is 1460. The predicted molar refractivity (Wildman–Crippen MR) is 141 cm³/mol. The summed E-state index contributed by atoms with van der Waals surface area (Å²) in [5, 5.41) is 16.9. The van der Waals surface area contributed by atoms with Crippen LogP contribution in [0, 0.1) is 18.3 Å². The number of nitriles is 1. The number of benzene rings is 1. The Kier molecular flexibility index (Phi) is 6.30. The quantitative estimate of drug-likeness (QED) is 0.572. The molecule has 2 aromatic heterocycles. The Morgan fingerprint density at radius 2 is 1.89 bits per heavy atom. The van der Waals surface area contributed by atoms with Gasteiger partial charge in [0.2, 0.25) is 0 Å². The van der Waals surface area contributed by atoms with Gasteiger partial charge in [0.15, 0.2) is 0 Å². The smallest absolute Gasteiger partial charge is 0.290 e. The van der Waals surface area contributed by atoms with Crippen LogP contribution in [0.4, 0.5) is 11.4 Å². The minimum atomic E-state index is -0.806. The Hall–Kier alpha value is -4.03. The number of aryl methyl sites for hydroxylation is 2. The monoisotopic (exact) mass is 498 g/mol. The lowest BCUT2D eigenvalue weighted by Crippen LogP contribution is -2.48. The van der Waals surface area contributed by atoms with Crippen molar-refractivity contribution in [1.82, 2.24) is 14.8 Å². The number of amides is 1. The van der Waals surface area contributed by atoms with E-state index in [1.165, 1.54) is 4.68 Å². The maximum absolute atomic E-state index is 13.1. The summed E-state index contributed by atoms with van der Waals surface area (Å²) in [5.41, 5.74) is 3.73. The van der Waals surface area contributed by atoms with Gasteiger partial charge in [0.25, 0.3) is 11.5 Å². The second-order valence-corrected chi connectivity index (χ2v) is 10.3. The molecule has 1 amide bonds. The van der Waals surface area contributed by atoms with Gasteiger partial charge < -0.3 is 15.0 Å². The van der Waals surface area contributed by atoms with Crippen molar-refractivity contribution in [2.45, 2.75) is 51.1 Å². The highest BCUT2D eigenvalue weighted by molar-refractivity contribution is 6.04. The molecule has 2 aliphatic heterocycles. The van der Waals surface area contributed by atoms with Crippen LogP contribution >= 0.6 is 0 Å². The first-order chi connectivity index (χ1) is 17.7. The summed E-state index contributed by atoms with van der Waals surface area (Å²) in [6, 6.07) is 13.4. The fourth-order valence-corrected chi connectivity index (χ4v) is 5.08. The second-order valence-electron chi connectivity index (χ2n) is 10.3. The molecule has 1 N–H and O–H groups in total. The first kappa shape index (κ1) is 24.7. The van der Waals surface area contributed by atoms with E-state index in [0.29, 0.717) is 41.5 Å². The highest BCUT2D eigenvalue weighted by Crippen LogP contribution is 2.34. The number of aromatic nitrogens is 3. The van der Waals surface area contributed by atoms with Crippen LogP contribution in [0.3, 0.4) is 0 Å². The maximum Gasteiger partial charge on any atom is 0.290 e. The number of rotatable bonds is 5. The molecule has 0 radical (unpaired) electrons. The molecule has 9 nitrogen and oxygen atoms in total. The van der Waals surface area contributed by atoms with Gasteiger partial charge >= 0.3 is 0 Å². The first-order valence-corrected chi connectivity index (χ1v) is 12.4. The zero-order chi connectivity index (χ0) is 26.3. The third-order valence-electron chi connectivity index (χ3n) is 7.28. The molecule has 9 heteroatoms. The largest absolute Gasteiger partial charge is 0.377 e. The average Bonchev–Trinajstić information content (AvgIpc) is 3.13. The number of hydrogen-bond acceptors (Lipinski definition) is 7. The van der Waals surface area contributed by atoms with E-state index in [1.807, 2.05) is 31.2 Å². The van der Waals surface area contributed by atoms with Gasteiger partial charge in [0, 0.05) is 30.1 Å². The number of anilines is 2. The van der Waals surface area contributed by atoms with Crippen LogP contribution in [0.25, 0.3) is 11.3 Å². The van der Waals surface area contributed by atoms with Crippen molar-refractivity contribution in [3.63, 3.8) is 0 Å². The molecule has 190 valence electrons. The molecule has 2 fully saturated rings. The summed E-state index contributed by atoms with van der Waals surface area (Å²) in [6.07, 6.45) is 3.56. The van der Waals surface area contributed by atoms with Crippen LogP contribution in [0.2, 0.25) is 0 Å². The highest BCUT2D eigenvalue weighted by Gasteiger charge is 2.39. The lowest BCUT2D eigenvalue weighted by molar-refractivity contribution is 0.0904. The summed E-state index contributed by atoms with van der Waals surface area (Å²) in [6.45, 7) is 6.76. The van der Waals surface area contributed by atoms with E-state index >= 15 is 0 Å². The standard InChI is InChI=1S/C28H30N6O3/c1-17-5-6-19(31-26(35)18-9-10-30-25(11-18)28(2,3)16-29)12-22(17)23-13-24(27(36)33(4)32-23)34-20-7-8-21(34)15-37-14-20/h5-6,9-13,20-21H,7-8,14-15H2,1-4H3,(H,31,35). The van der Waals surface area contributed by atoms with Gasteiger partial charge in [-0.05, 0) is 69.5 Å². The molecule has 2 aliphatic rings. The van der Waals surface area contributed by atoms with Gasteiger partial charge in [-0.3, -0.25) is 14.6 Å². The molecular formula is C28H30N6O3. The molecule has 5 rings (SSSR count). The van der Waals surface area contributed by atoms with Gasteiger partial charge in [0.05, 0.1) is 48.2 Å². The lowest BCUT2D eigenvalue weighted by Gasteiger charge is -2.36. The van der Waals surface area contributed by atoms with E-state index in [4.69, 9.17) is 4.74 Å². The molecule has 0 aliphatic carbocycles. The zero-order valence-corrected chi connectivity index (χ0v) is 21.5. The third-order valence-corrected chi connectivity index (χ3v) is 7.28. The fraction of sp³-hybridized carbons (Fsp3) is 0.393. The van der Waals surface area contributed by atoms with Gasteiger partial charge in [-0.25, -0.2) is 4.68 Å². The number of pyridine rings is 1. The number of carbonyl (C=O) groups is 1.